The van der Waals surface area contributed by atoms with E-state index in [0.29, 0.717) is 18.8 Å². The van der Waals surface area contributed by atoms with Crippen LogP contribution in [0.2, 0.25) is 0 Å². The molecule has 1 saturated carbocycles. The van der Waals surface area contributed by atoms with Crippen LogP contribution < -0.4 is 15.4 Å². The van der Waals surface area contributed by atoms with Gasteiger partial charge in [-0.05, 0) is 51.2 Å². The molecule has 1 aliphatic carbocycles. The van der Waals surface area contributed by atoms with Gasteiger partial charge >= 0.3 is 0 Å². The van der Waals surface area contributed by atoms with Crippen molar-refractivity contribution in [2.24, 2.45) is 11.8 Å². The van der Waals surface area contributed by atoms with Gasteiger partial charge in [-0.3, -0.25) is 9.78 Å². The van der Waals surface area contributed by atoms with Crippen molar-refractivity contribution in [1.29, 1.82) is 5.26 Å². The number of anilines is 1. The molecule has 1 amide bonds. The van der Waals surface area contributed by atoms with Crippen molar-refractivity contribution >= 4 is 23.5 Å². The van der Waals surface area contributed by atoms with Crippen molar-refractivity contribution in [3.05, 3.63) is 41.9 Å². The number of nitrogens with one attached hydrogen (secondary N) is 2. The number of carbonyl (C=O) groups excluding carboxylic acids is 1. The summed E-state index contributed by atoms with van der Waals surface area (Å²) in [6.45, 7) is 3.90. The third-order valence-corrected chi connectivity index (χ3v) is 7.18. The molecule has 5 unspecified atom stereocenters. The monoisotopic (exact) mass is 484 g/mol. The molecule has 4 rings (SSSR count). The number of hydrogen-bond donors (Lipinski definition) is 2. The van der Waals surface area contributed by atoms with Crippen LogP contribution in [0.15, 0.2) is 30.6 Å². The first-order valence-electron chi connectivity index (χ1n) is 11.5. The molecule has 2 fully saturated rings. The van der Waals surface area contributed by atoms with Crippen molar-refractivity contribution in [3.8, 4) is 11.9 Å². The van der Waals surface area contributed by atoms with E-state index in [1.165, 1.54) is 13.3 Å². The van der Waals surface area contributed by atoms with Gasteiger partial charge in [-0.15, -0.1) is 11.6 Å². The lowest BCUT2D eigenvalue weighted by atomic mass is 9.73. The highest BCUT2D eigenvalue weighted by molar-refractivity contribution is 6.21. The molecule has 34 heavy (non-hydrogen) atoms. The zero-order valence-corrected chi connectivity index (χ0v) is 20.2. The fourth-order valence-electron chi connectivity index (χ4n) is 4.85. The van der Waals surface area contributed by atoms with Crippen LogP contribution in [0.3, 0.4) is 0 Å². The molecule has 0 bridgehead atoms. The highest BCUT2D eigenvalue weighted by Crippen LogP contribution is 2.39. The van der Waals surface area contributed by atoms with Gasteiger partial charge in [0.05, 0.1) is 42.5 Å². The van der Waals surface area contributed by atoms with Gasteiger partial charge in [-0.1, -0.05) is 6.07 Å². The lowest BCUT2D eigenvalue weighted by Gasteiger charge is -2.45. The van der Waals surface area contributed by atoms with Gasteiger partial charge in [0.2, 0.25) is 17.7 Å². The maximum absolute atomic E-state index is 13.0. The average molecular weight is 485 g/mol. The summed E-state index contributed by atoms with van der Waals surface area (Å²) in [4.78, 5) is 25.8. The number of alkyl halides is 1. The van der Waals surface area contributed by atoms with E-state index < -0.39 is 0 Å². The van der Waals surface area contributed by atoms with E-state index in [9.17, 15) is 4.79 Å². The third-order valence-electron chi connectivity index (χ3n) is 6.72. The summed E-state index contributed by atoms with van der Waals surface area (Å²) in [5.74, 6) is 0.500. The summed E-state index contributed by atoms with van der Waals surface area (Å²) in [5.41, 5.74) is 1.12. The topological polar surface area (TPSA) is 122 Å². The number of halogens is 1. The molecule has 10 heteroatoms. The molecule has 7 atom stereocenters. The molecule has 0 radical (unpaired) electrons. The smallest absolute Gasteiger partial charge is 0.236 e. The first-order chi connectivity index (χ1) is 16.4. The van der Waals surface area contributed by atoms with E-state index in [0.717, 1.165) is 12.1 Å². The highest BCUT2D eigenvalue weighted by atomic mass is 35.5. The van der Waals surface area contributed by atoms with Gasteiger partial charge in [0.15, 0.2) is 0 Å². The van der Waals surface area contributed by atoms with Crippen molar-refractivity contribution in [3.63, 3.8) is 0 Å². The molecule has 2 aromatic heterocycles. The van der Waals surface area contributed by atoms with Crippen LogP contribution in [0.25, 0.3) is 0 Å². The standard InChI is InChI=1S/C24H29ClN6O3/c1-13(29-24-28-12-16(11-26)23(31-24)33-3)17-8-15-9-18(25)21(10-20(15)30-22(17)32)34-14(2)19-6-4-5-7-27-19/h4-7,12-15,17-18,20-21H,8-10H2,1-3H3,(H,30,32)(H,28,29,31)/t13-,14+,15?,17?,18?,20?,21?/m0/s1. The fourth-order valence-corrected chi connectivity index (χ4v) is 5.24. The molecule has 180 valence electrons. The predicted octanol–water partition coefficient (Wildman–Crippen LogP) is 3.22. The summed E-state index contributed by atoms with van der Waals surface area (Å²) in [5, 5.41) is 15.4. The van der Waals surface area contributed by atoms with E-state index in [-0.39, 0.29) is 58.9 Å². The fraction of sp³-hybridized carbons (Fsp3) is 0.542. The van der Waals surface area contributed by atoms with Crippen molar-refractivity contribution in [1.82, 2.24) is 20.3 Å². The molecule has 0 aromatic carbocycles. The Kier molecular flexibility index (Phi) is 7.49. The second-order valence-corrected chi connectivity index (χ2v) is 9.50. The molecule has 3 heterocycles. The summed E-state index contributed by atoms with van der Waals surface area (Å²) < 4.78 is 11.4. The number of pyridine rings is 1. The average Bonchev–Trinajstić information content (AvgIpc) is 2.84. The van der Waals surface area contributed by atoms with Crippen molar-refractivity contribution in [2.75, 3.05) is 12.4 Å². The Morgan fingerprint density at radius 3 is 2.79 bits per heavy atom. The van der Waals surface area contributed by atoms with Gasteiger partial charge in [0.25, 0.3) is 0 Å². The number of aromatic nitrogens is 3. The predicted molar refractivity (Wildman–Crippen MR) is 126 cm³/mol. The summed E-state index contributed by atoms with van der Waals surface area (Å²) in [6, 6.07) is 7.55. The van der Waals surface area contributed by atoms with Crippen LogP contribution in [0.4, 0.5) is 5.95 Å². The number of fused-ring (bicyclic) bond motifs is 1. The number of rotatable bonds is 7. The number of piperidine rings is 1. The molecule has 0 spiro atoms. The molecule has 2 aliphatic rings. The van der Waals surface area contributed by atoms with E-state index >= 15 is 0 Å². The summed E-state index contributed by atoms with van der Waals surface area (Å²) in [6.07, 6.45) is 4.96. The zero-order valence-electron chi connectivity index (χ0n) is 19.4. The number of carbonyl (C=O) groups is 1. The van der Waals surface area contributed by atoms with E-state index in [4.69, 9.17) is 26.3 Å². The van der Waals surface area contributed by atoms with E-state index in [1.54, 1.807) is 6.20 Å². The Morgan fingerprint density at radius 1 is 1.26 bits per heavy atom. The molecule has 1 aliphatic heterocycles. The minimum Gasteiger partial charge on any atom is -0.480 e. The normalized spacial score (nSPS) is 28.1. The number of methoxy groups -OCH3 is 1. The molecular weight excluding hydrogens is 456 g/mol. The van der Waals surface area contributed by atoms with Crippen molar-refractivity contribution < 1.29 is 14.3 Å². The maximum atomic E-state index is 13.0. The lowest BCUT2D eigenvalue weighted by molar-refractivity contribution is -0.132. The zero-order chi connectivity index (χ0) is 24.2. The Labute approximate surface area is 204 Å². The Bertz CT molecular complexity index is 1050. The molecular formula is C24H29ClN6O3. The van der Waals surface area contributed by atoms with Crippen LogP contribution in [0, 0.1) is 23.2 Å². The minimum absolute atomic E-state index is 0.00796. The van der Waals surface area contributed by atoms with E-state index in [2.05, 4.69) is 25.6 Å². The quantitative estimate of drug-likeness (QED) is 0.574. The van der Waals surface area contributed by atoms with Crippen LogP contribution in [-0.4, -0.2) is 51.5 Å². The first-order valence-corrected chi connectivity index (χ1v) is 11.9. The van der Waals surface area contributed by atoms with Crippen LogP contribution in [0.5, 0.6) is 5.88 Å². The van der Waals surface area contributed by atoms with Crippen LogP contribution in [-0.2, 0) is 9.53 Å². The van der Waals surface area contributed by atoms with Crippen LogP contribution >= 0.6 is 11.6 Å². The van der Waals surface area contributed by atoms with E-state index in [1.807, 2.05) is 38.1 Å². The Balaban J connectivity index is 1.38. The molecule has 1 saturated heterocycles. The van der Waals surface area contributed by atoms with Gasteiger partial charge < -0.3 is 20.1 Å². The van der Waals surface area contributed by atoms with Gasteiger partial charge in [0, 0.05) is 18.3 Å². The molecule has 9 nitrogen and oxygen atoms in total. The maximum Gasteiger partial charge on any atom is 0.236 e. The number of nitriles is 1. The van der Waals surface area contributed by atoms with Gasteiger partial charge in [-0.25, -0.2) is 4.98 Å². The number of hydrogen-bond acceptors (Lipinski definition) is 8. The summed E-state index contributed by atoms with van der Waals surface area (Å²) >= 11 is 6.76. The number of amides is 1. The summed E-state index contributed by atoms with van der Waals surface area (Å²) in [7, 11) is 1.45. The molecule has 2 aromatic rings. The third kappa shape index (κ3) is 5.24. The minimum atomic E-state index is -0.264. The molecule has 2 N–H and O–H groups in total. The Hall–Kier alpha value is -2.96. The number of ether oxygens (including phenoxy) is 2. The largest absolute Gasteiger partial charge is 0.480 e. The highest BCUT2D eigenvalue weighted by Gasteiger charge is 2.45. The number of nitrogens with zero attached hydrogens (tertiary/aromatic N) is 4. The lowest BCUT2D eigenvalue weighted by Crippen LogP contribution is -2.57. The first kappa shape index (κ1) is 24.2. The van der Waals surface area contributed by atoms with Crippen LogP contribution in [0.1, 0.15) is 50.5 Å². The van der Waals surface area contributed by atoms with Gasteiger partial charge in [0.1, 0.15) is 11.6 Å². The second-order valence-electron chi connectivity index (χ2n) is 8.94. The Morgan fingerprint density at radius 2 is 2.09 bits per heavy atom. The van der Waals surface area contributed by atoms with Crippen molar-refractivity contribution in [2.45, 2.75) is 62.8 Å². The van der Waals surface area contributed by atoms with Gasteiger partial charge in [-0.2, -0.15) is 10.2 Å². The second kappa shape index (κ2) is 10.5. The SMILES string of the molecule is COc1nc(N[C@@H](C)C2CC3CC(Cl)C(O[C@H](C)c4ccccn4)CC3NC2=O)ncc1C#N.